The van der Waals surface area contributed by atoms with Gasteiger partial charge in [-0.05, 0) is 0 Å². The lowest BCUT2D eigenvalue weighted by Gasteiger charge is -2.01. The minimum atomic E-state index is -0.0389. The lowest BCUT2D eigenvalue weighted by atomic mass is 10.9. The monoisotopic (exact) mass is 338 g/mol. The molecular formula is C3H4I2N2O. The van der Waals surface area contributed by atoms with Gasteiger partial charge in [0, 0.05) is 29.6 Å². The molecule has 0 aromatic rings. The first kappa shape index (κ1) is 8.60. The summed E-state index contributed by atoms with van der Waals surface area (Å²) in [5, 5.41) is 0. The topological polar surface area (TPSA) is 32.7 Å². The summed E-state index contributed by atoms with van der Waals surface area (Å²) in [5.74, 6) is 0. The van der Waals surface area contributed by atoms with Crippen LogP contribution in [0.2, 0.25) is 0 Å². The summed E-state index contributed by atoms with van der Waals surface area (Å²) in [6.07, 6.45) is 1.45. The van der Waals surface area contributed by atoms with Gasteiger partial charge in [-0.1, -0.05) is 0 Å². The summed E-state index contributed by atoms with van der Waals surface area (Å²) >= 11 is 3.49. The average molecular weight is 338 g/mol. The molecule has 0 saturated heterocycles. The van der Waals surface area contributed by atoms with Crippen LogP contribution >= 0.6 is 45.5 Å². The highest BCUT2D eigenvalue weighted by Crippen LogP contribution is 1.93. The van der Waals surface area contributed by atoms with Gasteiger partial charge in [-0.25, -0.2) is 3.21 Å². The second-order valence-corrected chi connectivity index (χ2v) is 2.56. The van der Waals surface area contributed by atoms with E-state index in [1.165, 1.54) is 11.2 Å². The molecule has 5 heteroatoms. The summed E-state index contributed by atoms with van der Waals surface area (Å²) in [7, 11) is 1.65. The van der Waals surface area contributed by atoms with E-state index in [9.17, 15) is 4.79 Å². The number of hydrogen-bond donors (Lipinski definition) is 0. The van der Waals surface area contributed by atoms with Gasteiger partial charge in [0.15, 0.2) is 0 Å². The smallest absolute Gasteiger partial charge is 0.288 e. The molecule has 1 amide bonds. The van der Waals surface area contributed by atoms with Crippen LogP contribution in [0.25, 0.3) is 0 Å². The van der Waals surface area contributed by atoms with Crippen molar-refractivity contribution in [3.8, 4) is 0 Å². The molecule has 0 saturated carbocycles. The van der Waals surface area contributed by atoms with E-state index in [1.54, 1.807) is 29.6 Å². The Balaban J connectivity index is 3.64. The fraction of sp³-hybridized carbons (Fsp3) is 0.333. The van der Waals surface area contributed by atoms with Crippen molar-refractivity contribution in [1.82, 2.24) is 4.90 Å². The lowest BCUT2D eigenvalue weighted by molar-refractivity contribution is 0.252. The Morgan fingerprint density at radius 1 is 1.88 bits per heavy atom. The van der Waals surface area contributed by atoms with Crippen LogP contribution in [-0.4, -0.2) is 22.2 Å². The van der Waals surface area contributed by atoms with Crippen molar-refractivity contribution in [3.63, 3.8) is 0 Å². The first-order chi connectivity index (χ1) is 3.68. The summed E-state index contributed by atoms with van der Waals surface area (Å²) in [6.45, 7) is 0. The van der Waals surface area contributed by atoms with Crippen LogP contribution in [0.4, 0.5) is 4.79 Å². The number of halogens is 2. The lowest BCUT2D eigenvalue weighted by Crippen LogP contribution is -2.17. The van der Waals surface area contributed by atoms with Gasteiger partial charge in [0.05, 0.1) is 22.9 Å². The first-order valence-corrected chi connectivity index (χ1v) is 3.79. The van der Waals surface area contributed by atoms with Crippen LogP contribution in [-0.2, 0) is 0 Å². The van der Waals surface area contributed by atoms with E-state index < -0.39 is 0 Å². The molecule has 0 atom stereocenters. The molecule has 0 heterocycles. The molecule has 0 rings (SSSR count). The maximum absolute atomic E-state index is 10.4. The summed E-state index contributed by atoms with van der Waals surface area (Å²) < 4.78 is 3.56. The highest BCUT2D eigenvalue weighted by atomic mass is 127. The largest absolute Gasteiger partial charge is 0.297 e. The van der Waals surface area contributed by atoms with Gasteiger partial charge in [-0.2, -0.15) is 0 Å². The molecule has 46 valence electrons. The Morgan fingerprint density at radius 2 is 2.38 bits per heavy atom. The van der Waals surface area contributed by atoms with Gasteiger partial charge in [0.1, 0.15) is 6.34 Å². The van der Waals surface area contributed by atoms with Gasteiger partial charge in [0.25, 0.3) is 3.91 Å². The molecule has 0 N–H and O–H groups in total. The van der Waals surface area contributed by atoms with E-state index in [-0.39, 0.29) is 3.91 Å². The molecule has 0 spiro atoms. The first-order valence-electron chi connectivity index (χ1n) is 1.75. The van der Waals surface area contributed by atoms with Gasteiger partial charge in [-0.3, -0.25) is 9.69 Å². The normalized spacial score (nSPS) is 9.88. The van der Waals surface area contributed by atoms with Crippen LogP contribution in [0.1, 0.15) is 0 Å². The molecule has 3 nitrogen and oxygen atoms in total. The SMILES string of the molecule is CN(/C=N\I)C(=O)I. The highest BCUT2D eigenvalue weighted by Gasteiger charge is 1.96. The number of hydrogen-bond acceptors (Lipinski definition) is 2. The van der Waals surface area contributed by atoms with E-state index in [4.69, 9.17) is 0 Å². The molecular weight excluding hydrogens is 334 g/mol. The van der Waals surface area contributed by atoms with Gasteiger partial charge in [-0.15, -0.1) is 0 Å². The van der Waals surface area contributed by atoms with Crippen molar-refractivity contribution in [2.24, 2.45) is 3.21 Å². The molecule has 0 aliphatic heterocycles. The van der Waals surface area contributed by atoms with Gasteiger partial charge < -0.3 is 0 Å². The van der Waals surface area contributed by atoms with Crippen LogP contribution in [0.15, 0.2) is 3.21 Å². The van der Waals surface area contributed by atoms with Crippen molar-refractivity contribution >= 4 is 55.7 Å². The Labute approximate surface area is 75.2 Å². The second kappa shape index (κ2) is 4.48. The number of rotatable bonds is 1. The second-order valence-electron chi connectivity index (χ2n) is 1.08. The number of amides is 1. The summed E-state index contributed by atoms with van der Waals surface area (Å²) in [5.41, 5.74) is 0. The van der Waals surface area contributed by atoms with Crippen molar-refractivity contribution in [2.75, 3.05) is 7.05 Å². The molecule has 0 bridgehead atoms. The summed E-state index contributed by atoms with van der Waals surface area (Å²) in [6, 6.07) is 0. The predicted molar refractivity (Wildman–Crippen MR) is 49.7 cm³/mol. The van der Waals surface area contributed by atoms with E-state index in [2.05, 4.69) is 3.21 Å². The molecule has 8 heavy (non-hydrogen) atoms. The Hall–Kier alpha value is 0.600. The summed E-state index contributed by atoms with van der Waals surface area (Å²) in [4.78, 5) is 11.7. The molecule has 0 aliphatic rings. The quantitative estimate of drug-likeness (QED) is 0.236. The van der Waals surface area contributed by atoms with Crippen LogP contribution in [0.5, 0.6) is 0 Å². The highest BCUT2D eigenvalue weighted by molar-refractivity contribution is 14.1. The van der Waals surface area contributed by atoms with E-state index in [0.29, 0.717) is 0 Å². The third kappa shape index (κ3) is 3.58. The number of nitrogens with zero attached hydrogens (tertiary/aromatic N) is 2. The molecule has 0 fully saturated rings. The standard InChI is InChI=1S/C3H4I2N2O/c1-7(2-6-5)3(4)8/h2H,1H3/b6-2-. The number of carbonyl (C=O) groups is 1. The molecule has 0 unspecified atom stereocenters. The van der Waals surface area contributed by atoms with Crippen LogP contribution in [0.3, 0.4) is 0 Å². The Kier molecular flexibility index (Phi) is 4.81. The average Bonchev–Trinajstić information content (AvgIpc) is 1.67. The van der Waals surface area contributed by atoms with Gasteiger partial charge >= 0.3 is 0 Å². The van der Waals surface area contributed by atoms with E-state index >= 15 is 0 Å². The van der Waals surface area contributed by atoms with Crippen molar-refractivity contribution in [1.29, 1.82) is 0 Å². The minimum absolute atomic E-state index is 0.0389. The molecule has 0 aromatic carbocycles. The fourth-order valence-electron chi connectivity index (χ4n) is 0.111. The van der Waals surface area contributed by atoms with Crippen LogP contribution < -0.4 is 0 Å². The zero-order chi connectivity index (χ0) is 6.57. The van der Waals surface area contributed by atoms with Crippen molar-refractivity contribution in [3.05, 3.63) is 0 Å². The Morgan fingerprint density at radius 3 is 2.50 bits per heavy atom. The maximum Gasteiger partial charge on any atom is 0.288 e. The molecule has 0 aromatic heterocycles. The van der Waals surface area contributed by atoms with E-state index in [0.717, 1.165) is 0 Å². The van der Waals surface area contributed by atoms with E-state index in [1.807, 2.05) is 22.9 Å². The third-order valence-electron chi connectivity index (χ3n) is 0.494. The zero-order valence-electron chi connectivity index (χ0n) is 4.14. The maximum atomic E-state index is 10.4. The fourth-order valence-corrected chi connectivity index (χ4v) is 0.609. The predicted octanol–water partition coefficient (Wildman–Crippen LogP) is 1.85. The molecule has 0 aliphatic carbocycles. The molecule has 0 radical (unpaired) electrons. The van der Waals surface area contributed by atoms with Gasteiger partial charge in [0.2, 0.25) is 0 Å². The minimum Gasteiger partial charge on any atom is -0.297 e. The zero-order valence-corrected chi connectivity index (χ0v) is 8.45. The van der Waals surface area contributed by atoms with Crippen LogP contribution in [0, 0.1) is 0 Å². The Bertz CT molecular complexity index is 114. The third-order valence-corrected chi connectivity index (χ3v) is 1.50. The van der Waals surface area contributed by atoms with Crippen molar-refractivity contribution in [2.45, 2.75) is 0 Å². The van der Waals surface area contributed by atoms with Crippen molar-refractivity contribution < 1.29 is 4.79 Å². The number of carbonyl (C=O) groups excluding carboxylic acids is 1.